The zero-order valence-electron chi connectivity index (χ0n) is 10.0. The van der Waals surface area contributed by atoms with Gasteiger partial charge in [-0.1, -0.05) is 23.2 Å². The van der Waals surface area contributed by atoms with Gasteiger partial charge < -0.3 is 9.84 Å². The molecule has 1 saturated heterocycles. The summed E-state index contributed by atoms with van der Waals surface area (Å²) in [6.07, 6.45) is -0.0359. The Bertz CT molecular complexity index is 574. The minimum Gasteiger partial charge on any atom is -0.386 e. The molecule has 1 aliphatic rings. The van der Waals surface area contributed by atoms with Gasteiger partial charge in [-0.25, -0.2) is 13.1 Å². The van der Waals surface area contributed by atoms with Gasteiger partial charge in [0.1, 0.15) is 14.8 Å². The van der Waals surface area contributed by atoms with Crippen molar-refractivity contribution in [3.8, 4) is 0 Å². The molecule has 0 amide bonds. The summed E-state index contributed by atoms with van der Waals surface area (Å²) in [4.78, 5) is -0.0701. The Morgan fingerprint density at radius 1 is 1.63 bits per heavy atom. The summed E-state index contributed by atoms with van der Waals surface area (Å²) in [6.45, 7) is 1.99. The molecule has 1 aromatic heterocycles. The highest BCUT2D eigenvalue weighted by atomic mass is 35.5. The molecule has 2 N–H and O–H groups in total. The van der Waals surface area contributed by atoms with Gasteiger partial charge in [-0.05, 0) is 13.0 Å². The molecule has 19 heavy (non-hydrogen) atoms. The molecule has 5 nitrogen and oxygen atoms in total. The lowest BCUT2D eigenvalue weighted by atomic mass is 9.97. The number of halogens is 2. The molecule has 1 fully saturated rings. The highest BCUT2D eigenvalue weighted by molar-refractivity contribution is 7.89. The van der Waals surface area contributed by atoms with Crippen LogP contribution in [-0.2, 0) is 14.8 Å². The highest BCUT2D eigenvalue weighted by Gasteiger charge is 2.40. The van der Waals surface area contributed by atoms with Crippen LogP contribution in [-0.4, -0.2) is 38.4 Å². The number of aliphatic hydroxyl groups is 1. The monoisotopic (exact) mass is 345 g/mol. The largest absolute Gasteiger partial charge is 0.386 e. The molecule has 2 atom stereocenters. The van der Waals surface area contributed by atoms with Crippen molar-refractivity contribution in [2.45, 2.75) is 29.9 Å². The lowest BCUT2D eigenvalue weighted by Crippen LogP contribution is -2.47. The van der Waals surface area contributed by atoms with Crippen molar-refractivity contribution in [2.75, 3.05) is 13.2 Å². The molecule has 9 heteroatoms. The SMILES string of the molecule is CC1OCCC1(O)CNS(=O)(=O)c1cc(Cl)sc1Cl. The fraction of sp³-hybridized carbons (Fsp3) is 0.600. The van der Waals surface area contributed by atoms with E-state index in [1.165, 1.54) is 6.07 Å². The van der Waals surface area contributed by atoms with Crippen LogP contribution in [0.1, 0.15) is 13.3 Å². The Kier molecular flexibility index (Phi) is 4.47. The normalized spacial score (nSPS) is 27.9. The summed E-state index contributed by atoms with van der Waals surface area (Å²) in [5.74, 6) is 0. The topological polar surface area (TPSA) is 75.6 Å². The van der Waals surface area contributed by atoms with Crippen LogP contribution in [0.5, 0.6) is 0 Å². The Labute approximate surface area is 125 Å². The van der Waals surface area contributed by atoms with Crippen LogP contribution in [0.15, 0.2) is 11.0 Å². The van der Waals surface area contributed by atoms with Crippen LogP contribution >= 0.6 is 34.5 Å². The van der Waals surface area contributed by atoms with E-state index in [0.717, 1.165) is 11.3 Å². The first kappa shape index (κ1) is 15.5. The standard InChI is InChI=1S/C10H13Cl2NO4S2/c1-6-10(14,2-3-17-6)5-13-19(15,16)7-4-8(11)18-9(7)12/h4,6,13-14H,2-3,5H2,1H3. The second-order valence-electron chi connectivity index (χ2n) is 4.38. The van der Waals surface area contributed by atoms with Gasteiger partial charge in [-0.15, -0.1) is 11.3 Å². The number of thiophene rings is 1. The number of hydrogen-bond donors (Lipinski definition) is 2. The summed E-state index contributed by atoms with van der Waals surface area (Å²) in [6, 6.07) is 1.29. The molecule has 2 unspecified atom stereocenters. The summed E-state index contributed by atoms with van der Waals surface area (Å²) in [5, 5.41) is 10.2. The molecule has 1 aliphatic heterocycles. The number of sulfonamides is 1. The highest BCUT2D eigenvalue weighted by Crippen LogP contribution is 2.34. The van der Waals surface area contributed by atoms with Gasteiger partial charge in [0.2, 0.25) is 10.0 Å². The van der Waals surface area contributed by atoms with Gasteiger partial charge in [0.25, 0.3) is 0 Å². The minimum absolute atomic E-state index is 0.0701. The molecule has 0 saturated carbocycles. The fourth-order valence-corrected chi connectivity index (χ4v) is 5.06. The first-order valence-corrected chi connectivity index (χ1v) is 8.59. The summed E-state index contributed by atoms with van der Waals surface area (Å²) >= 11 is 12.5. The average Bonchev–Trinajstić information content (AvgIpc) is 2.82. The molecule has 2 rings (SSSR count). The Hall–Kier alpha value is 0.110. The van der Waals surface area contributed by atoms with Crippen LogP contribution in [0.25, 0.3) is 0 Å². The van der Waals surface area contributed by atoms with Crippen LogP contribution < -0.4 is 4.72 Å². The zero-order chi connectivity index (χ0) is 14.3. The number of nitrogens with one attached hydrogen (secondary N) is 1. The lowest BCUT2D eigenvalue weighted by molar-refractivity contribution is -0.0228. The molecular weight excluding hydrogens is 333 g/mol. The van der Waals surface area contributed by atoms with E-state index in [2.05, 4.69) is 4.72 Å². The van der Waals surface area contributed by atoms with Crippen molar-refractivity contribution in [1.82, 2.24) is 4.72 Å². The summed E-state index contributed by atoms with van der Waals surface area (Å²) in [7, 11) is -3.79. The van der Waals surface area contributed by atoms with E-state index in [9.17, 15) is 13.5 Å². The van der Waals surface area contributed by atoms with E-state index < -0.39 is 21.7 Å². The third kappa shape index (κ3) is 3.24. The van der Waals surface area contributed by atoms with E-state index in [0.29, 0.717) is 17.4 Å². The minimum atomic E-state index is -3.79. The van der Waals surface area contributed by atoms with Crippen LogP contribution in [0.2, 0.25) is 8.67 Å². The maximum atomic E-state index is 12.1. The Morgan fingerprint density at radius 2 is 2.32 bits per heavy atom. The Morgan fingerprint density at radius 3 is 2.79 bits per heavy atom. The van der Waals surface area contributed by atoms with Gasteiger partial charge >= 0.3 is 0 Å². The molecule has 0 radical (unpaired) electrons. The van der Waals surface area contributed by atoms with E-state index in [1.54, 1.807) is 6.92 Å². The van der Waals surface area contributed by atoms with Crippen molar-refractivity contribution in [3.05, 3.63) is 14.7 Å². The maximum absolute atomic E-state index is 12.1. The molecule has 0 aliphatic carbocycles. The molecule has 0 spiro atoms. The smallest absolute Gasteiger partial charge is 0.243 e. The van der Waals surface area contributed by atoms with Crippen molar-refractivity contribution in [1.29, 1.82) is 0 Å². The Balaban J connectivity index is 2.12. The first-order chi connectivity index (χ1) is 8.74. The van der Waals surface area contributed by atoms with Crippen LogP contribution in [0, 0.1) is 0 Å². The molecule has 108 valence electrons. The molecule has 0 aromatic carbocycles. The quantitative estimate of drug-likeness (QED) is 0.873. The third-order valence-corrected chi connectivity index (χ3v) is 6.30. The third-order valence-electron chi connectivity index (χ3n) is 3.14. The second kappa shape index (κ2) is 5.48. The maximum Gasteiger partial charge on any atom is 0.243 e. The van der Waals surface area contributed by atoms with E-state index >= 15 is 0 Å². The fourth-order valence-electron chi connectivity index (χ4n) is 1.81. The van der Waals surface area contributed by atoms with Gasteiger partial charge in [0, 0.05) is 19.6 Å². The molecule has 1 aromatic rings. The van der Waals surface area contributed by atoms with Gasteiger partial charge in [0.15, 0.2) is 0 Å². The van der Waals surface area contributed by atoms with Crippen molar-refractivity contribution < 1.29 is 18.3 Å². The van der Waals surface area contributed by atoms with Crippen molar-refractivity contribution in [3.63, 3.8) is 0 Å². The molecule has 2 heterocycles. The summed E-state index contributed by atoms with van der Waals surface area (Å²) < 4.78 is 32.1. The van der Waals surface area contributed by atoms with E-state index in [1.807, 2.05) is 0 Å². The van der Waals surface area contributed by atoms with Gasteiger partial charge in [0.05, 0.1) is 10.4 Å². The van der Waals surface area contributed by atoms with Crippen molar-refractivity contribution >= 4 is 44.6 Å². The van der Waals surface area contributed by atoms with Crippen LogP contribution in [0.3, 0.4) is 0 Å². The van der Waals surface area contributed by atoms with Gasteiger partial charge in [-0.2, -0.15) is 0 Å². The zero-order valence-corrected chi connectivity index (χ0v) is 13.2. The lowest BCUT2D eigenvalue weighted by Gasteiger charge is -2.25. The van der Waals surface area contributed by atoms with E-state index in [4.69, 9.17) is 27.9 Å². The molecule has 0 bridgehead atoms. The van der Waals surface area contributed by atoms with Crippen molar-refractivity contribution in [2.24, 2.45) is 0 Å². The number of rotatable bonds is 4. The molecular formula is C10H13Cl2NO4S2. The number of ether oxygens (including phenoxy) is 1. The predicted molar refractivity (Wildman–Crippen MR) is 74.5 cm³/mol. The summed E-state index contributed by atoms with van der Waals surface area (Å²) in [5.41, 5.74) is -1.20. The first-order valence-electron chi connectivity index (χ1n) is 5.53. The predicted octanol–water partition coefficient (Wildman–Crippen LogP) is 1.87. The average molecular weight is 346 g/mol. The van der Waals surface area contributed by atoms with E-state index in [-0.39, 0.29) is 15.8 Å². The van der Waals surface area contributed by atoms with Gasteiger partial charge in [-0.3, -0.25) is 0 Å². The van der Waals surface area contributed by atoms with Crippen LogP contribution in [0.4, 0.5) is 0 Å². The second-order valence-corrected chi connectivity index (χ2v) is 8.40. The number of hydrogen-bond acceptors (Lipinski definition) is 5.